The van der Waals surface area contributed by atoms with Crippen molar-refractivity contribution in [3.8, 4) is 0 Å². The number of carbonyl (C=O) groups is 1. The highest BCUT2D eigenvalue weighted by Crippen LogP contribution is 2.16. The van der Waals surface area contributed by atoms with Crippen LogP contribution in [-0.2, 0) is 4.79 Å². The summed E-state index contributed by atoms with van der Waals surface area (Å²) < 4.78 is 26.8. The molecule has 0 atom stereocenters. The Morgan fingerprint density at radius 2 is 1.75 bits per heavy atom. The number of halogens is 3. The number of nitrogens with one attached hydrogen (secondary N) is 2. The highest BCUT2D eigenvalue weighted by atomic mass is 79.9. The van der Waals surface area contributed by atoms with Gasteiger partial charge >= 0.3 is 0 Å². The summed E-state index contributed by atoms with van der Waals surface area (Å²) in [6.07, 6.45) is 0. The maximum Gasteiger partial charge on any atom is 0.243 e. The summed E-state index contributed by atoms with van der Waals surface area (Å²) in [4.78, 5) is 11.7. The molecule has 0 radical (unpaired) electrons. The summed E-state index contributed by atoms with van der Waals surface area (Å²) in [5.41, 5.74) is 0.850. The van der Waals surface area contributed by atoms with Crippen molar-refractivity contribution in [3.05, 3.63) is 58.6 Å². The lowest BCUT2D eigenvalue weighted by Gasteiger charge is -2.08. The van der Waals surface area contributed by atoms with Crippen molar-refractivity contribution in [1.29, 1.82) is 0 Å². The fourth-order valence-corrected chi connectivity index (χ4v) is 2.01. The van der Waals surface area contributed by atoms with E-state index in [9.17, 15) is 13.6 Å². The van der Waals surface area contributed by atoms with Crippen LogP contribution in [0.15, 0.2) is 46.9 Å². The number of hydrogen-bond acceptors (Lipinski definition) is 2. The Morgan fingerprint density at radius 3 is 2.40 bits per heavy atom. The van der Waals surface area contributed by atoms with Crippen LogP contribution in [0.5, 0.6) is 0 Å². The Morgan fingerprint density at radius 1 is 1.05 bits per heavy atom. The minimum Gasteiger partial charge on any atom is -0.376 e. The van der Waals surface area contributed by atoms with Gasteiger partial charge in [-0.2, -0.15) is 0 Å². The molecule has 104 valence electrons. The van der Waals surface area contributed by atoms with Crippen LogP contribution in [0.4, 0.5) is 20.2 Å². The van der Waals surface area contributed by atoms with Gasteiger partial charge in [-0.3, -0.25) is 4.79 Å². The molecule has 0 unspecified atom stereocenters. The predicted octanol–water partition coefficient (Wildman–Crippen LogP) is 3.78. The zero-order valence-electron chi connectivity index (χ0n) is 10.3. The van der Waals surface area contributed by atoms with Crippen LogP contribution in [0.25, 0.3) is 0 Å². The molecule has 0 heterocycles. The van der Waals surface area contributed by atoms with Gasteiger partial charge in [0.25, 0.3) is 0 Å². The smallest absolute Gasteiger partial charge is 0.243 e. The third-order valence-electron chi connectivity index (χ3n) is 2.42. The number of rotatable bonds is 4. The summed E-state index contributed by atoms with van der Waals surface area (Å²) in [5.74, 6) is -1.70. The standard InChI is InChI=1S/C14H11BrF2N2O/c15-9-2-1-3-12(4-9)19-14(20)8-18-13-6-10(16)5-11(17)7-13/h1-7,18H,8H2,(H,19,20). The first-order valence-corrected chi connectivity index (χ1v) is 6.57. The number of benzene rings is 2. The first-order chi connectivity index (χ1) is 9.52. The van der Waals surface area contributed by atoms with E-state index in [-0.39, 0.29) is 18.1 Å². The largest absolute Gasteiger partial charge is 0.376 e. The molecule has 2 N–H and O–H groups in total. The maximum absolute atomic E-state index is 13.0. The van der Waals surface area contributed by atoms with Crippen molar-refractivity contribution in [2.75, 3.05) is 17.2 Å². The Hall–Kier alpha value is -1.95. The molecule has 0 fully saturated rings. The molecule has 3 nitrogen and oxygen atoms in total. The Labute approximate surface area is 123 Å². The van der Waals surface area contributed by atoms with Crippen LogP contribution in [0.2, 0.25) is 0 Å². The third-order valence-corrected chi connectivity index (χ3v) is 2.92. The fourth-order valence-electron chi connectivity index (χ4n) is 1.61. The number of hydrogen-bond donors (Lipinski definition) is 2. The van der Waals surface area contributed by atoms with Gasteiger partial charge < -0.3 is 10.6 Å². The summed E-state index contributed by atoms with van der Waals surface area (Å²) in [6.45, 7) is -0.0879. The van der Waals surface area contributed by atoms with Crippen LogP contribution in [0.3, 0.4) is 0 Å². The van der Waals surface area contributed by atoms with Crippen LogP contribution in [0.1, 0.15) is 0 Å². The molecule has 2 aromatic rings. The van der Waals surface area contributed by atoms with E-state index in [4.69, 9.17) is 0 Å². The molecule has 0 aliphatic heterocycles. The second-order valence-corrected chi connectivity index (χ2v) is 4.99. The van der Waals surface area contributed by atoms with E-state index in [1.807, 2.05) is 6.07 Å². The van der Waals surface area contributed by atoms with E-state index >= 15 is 0 Å². The lowest BCUT2D eigenvalue weighted by Crippen LogP contribution is -2.21. The summed E-state index contributed by atoms with van der Waals surface area (Å²) in [5, 5.41) is 5.32. The minimum absolute atomic E-state index is 0.0879. The first-order valence-electron chi connectivity index (χ1n) is 5.78. The number of anilines is 2. The molecular weight excluding hydrogens is 330 g/mol. The second kappa shape index (κ2) is 6.47. The van der Waals surface area contributed by atoms with Crippen molar-refractivity contribution in [1.82, 2.24) is 0 Å². The maximum atomic E-state index is 13.0. The highest BCUT2D eigenvalue weighted by Gasteiger charge is 2.04. The Balaban J connectivity index is 1.92. The Kier molecular flexibility index (Phi) is 4.68. The summed E-state index contributed by atoms with van der Waals surface area (Å²) in [6, 6.07) is 10.1. The van der Waals surface area contributed by atoms with Crippen LogP contribution >= 0.6 is 15.9 Å². The van der Waals surface area contributed by atoms with Gasteiger partial charge in [0.15, 0.2) is 0 Å². The minimum atomic E-state index is -0.695. The molecule has 0 saturated heterocycles. The second-order valence-electron chi connectivity index (χ2n) is 4.07. The highest BCUT2D eigenvalue weighted by molar-refractivity contribution is 9.10. The topological polar surface area (TPSA) is 41.1 Å². The monoisotopic (exact) mass is 340 g/mol. The van der Waals surface area contributed by atoms with Crippen molar-refractivity contribution in [2.45, 2.75) is 0 Å². The van der Waals surface area contributed by atoms with E-state index in [2.05, 4.69) is 26.6 Å². The Bertz CT molecular complexity index is 614. The molecule has 0 spiro atoms. The number of amides is 1. The fraction of sp³-hybridized carbons (Fsp3) is 0.0714. The summed E-state index contributed by atoms with van der Waals surface area (Å²) >= 11 is 3.29. The van der Waals surface area contributed by atoms with Crippen molar-refractivity contribution in [3.63, 3.8) is 0 Å². The van der Waals surface area contributed by atoms with Gasteiger partial charge in [0.2, 0.25) is 5.91 Å². The molecule has 0 bridgehead atoms. The molecule has 2 aromatic carbocycles. The van der Waals surface area contributed by atoms with Crippen LogP contribution in [0, 0.1) is 11.6 Å². The molecule has 0 aliphatic rings. The van der Waals surface area contributed by atoms with Gasteiger partial charge in [-0.15, -0.1) is 0 Å². The van der Waals surface area contributed by atoms with Gasteiger partial charge in [-0.25, -0.2) is 8.78 Å². The van der Waals surface area contributed by atoms with E-state index in [1.165, 1.54) is 0 Å². The molecule has 20 heavy (non-hydrogen) atoms. The van der Waals surface area contributed by atoms with Crippen molar-refractivity contribution >= 4 is 33.2 Å². The molecule has 0 aromatic heterocycles. The molecular formula is C14H11BrF2N2O. The zero-order chi connectivity index (χ0) is 14.5. The lowest BCUT2D eigenvalue weighted by molar-refractivity contribution is -0.114. The van der Waals surface area contributed by atoms with Gasteiger partial charge in [0.1, 0.15) is 11.6 Å². The summed E-state index contributed by atoms with van der Waals surface area (Å²) in [7, 11) is 0. The van der Waals surface area contributed by atoms with E-state index < -0.39 is 11.6 Å². The van der Waals surface area contributed by atoms with Gasteiger partial charge in [-0.1, -0.05) is 22.0 Å². The van der Waals surface area contributed by atoms with Crippen molar-refractivity contribution < 1.29 is 13.6 Å². The normalized spacial score (nSPS) is 10.2. The SMILES string of the molecule is O=C(CNc1cc(F)cc(F)c1)Nc1cccc(Br)c1. The average molecular weight is 341 g/mol. The molecule has 0 saturated carbocycles. The quantitative estimate of drug-likeness (QED) is 0.889. The van der Waals surface area contributed by atoms with E-state index in [1.54, 1.807) is 18.2 Å². The number of carbonyl (C=O) groups excluding carboxylic acids is 1. The first kappa shape index (κ1) is 14.5. The van der Waals surface area contributed by atoms with Gasteiger partial charge in [0.05, 0.1) is 6.54 Å². The third kappa shape index (κ3) is 4.31. The van der Waals surface area contributed by atoms with Gasteiger partial charge in [0, 0.05) is 21.9 Å². The molecule has 1 amide bonds. The van der Waals surface area contributed by atoms with Crippen LogP contribution in [-0.4, -0.2) is 12.5 Å². The van der Waals surface area contributed by atoms with E-state index in [0.717, 1.165) is 22.7 Å². The van der Waals surface area contributed by atoms with Crippen molar-refractivity contribution in [2.24, 2.45) is 0 Å². The molecule has 6 heteroatoms. The van der Waals surface area contributed by atoms with E-state index in [0.29, 0.717) is 5.69 Å². The molecule has 2 rings (SSSR count). The van der Waals surface area contributed by atoms with Crippen LogP contribution < -0.4 is 10.6 Å². The van der Waals surface area contributed by atoms with Gasteiger partial charge in [-0.05, 0) is 30.3 Å². The lowest BCUT2D eigenvalue weighted by atomic mass is 10.3. The average Bonchev–Trinajstić information content (AvgIpc) is 2.35. The zero-order valence-corrected chi connectivity index (χ0v) is 11.9. The predicted molar refractivity (Wildman–Crippen MR) is 77.6 cm³/mol. The molecule has 0 aliphatic carbocycles.